The zero-order chi connectivity index (χ0) is 13.0. The number of hydrogen-bond acceptors (Lipinski definition) is 3. The van der Waals surface area contributed by atoms with E-state index in [0.29, 0.717) is 12.6 Å². The summed E-state index contributed by atoms with van der Waals surface area (Å²) in [6.07, 6.45) is 5.73. The average molecular weight is 247 g/mol. The minimum absolute atomic E-state index is 0.197. The molecule has 1 atom stereocenters. The number of carbonyl (C=O) groups is 1. The van der Waals surface area contributed by atoms with Gasteiger partial charge in [-0.3, -0.25) is 9.78 Å². The van der Waals surface area contributed by atoms with Gasteiger partial charge in [-0.1, -0.05) is 13.8 Å². The van der Waals surface area contributed by atoms with E-state index in [0.717, 1.165) is 19.4 Å². The monoisotopic (exact) mass is 247 g/mol. The van der Waals surface area contributed by atoms with Crippen molar-refractivity contribution in [2.75, 3.05) is 13.1 Å². The normalized spacial score (nSPS) is 19.5. The van der Waals surface area contributed by atoms with Gasteiger partial charge in [-0.15, -0.1) is 0 Å². The molecule has 2 heterocycles. The molecule has 18 heavy (non-hydrogen) atoms. The molecule has 1 aliphatic heterocycles. The van der Waals surface area contributed by atoms with E-state index in [-0.39, 0.29) is 11.9 Å². The summed E-state index contributed by atoms with van der Waals surface area (Å²) in [6, 6.07) is 4.59. The molecule has 0 bridgehead atoms. The minimum atomic E-state index is 0.197. The highest BCUT2D eigenvalue weighted by molar-refractivity contribution is 5.79. The van der Waals surface area contributed by atoms with Crippen LogP contribution in [0.25, 0.3) is 0 Å². The molecule has 0 aromatic carbocycles. The highest BCUT2D eigenvalue weighted by atomic mass is 16.2. The molecule has 98 valence electrons. The highest BCUT2D eigenvalue weighted by Gasteiger charge is 2.29. The fourth-order valence-corrected chi connectivity index (χ4v) is 2.39. The van der Waals surface area contributed by atoms with E-state index in [2.05, 4.69) is 24.1 Å². The van der Waals surface area contributed by atoms with Gasteiger partial charge in [0.2, 0.25) is 5.91 Å². The maximum Gasteiger partial charge on any atom is 0.237 e. The van der Waals surface area contributed by atoms with Gasteiger partial charge in [-0.05, 0) is 30.5 Å². The second-order valence-electron chi connectivity index (χ2n) is 5.06. The van der Waals surface area contributed by atoms with Crippen LogP contribution in [-0.4, -0.2) is 34.9 Å². The molecule has 0 saturated carbocycles. The summed E-state index contributed by atoms with van der Waals surface area (Å²) in [4.78, 5) is 18.2. The van der Waals surface area contributed by atoms with Gasteiger partial charge >= 0.3 is 0 Å². The van der Waals surface area contributed by atoms with E-state index in [1.165, 1.54) is 5.56 Å². The van der Waals surface area contributed by atoms with E-state index in [9.17, 15) is 4.79 Å². The fraction of sp³-hybridized carbons (Fsp3) is 0.571. The largest absolute Gasteiger partial charge is 0.335 e. The Morgan fingerprint density at radius 3 is 2.89 bits per heavy atom. The summed E-state index contributed by atoms with van der Waals surface area (Å²) >= 11 is 0. The van der Waals surface area contributed by atoms with Crippen LogP contribution in [0, 0.1) is 0 Å². The Kier molecular flexibility index (Phi) is 4.31. The number of hydrogen-bond donors (Lipinski definition) is 1. The van der Waals surface area contributed by atoms with Crippen molar-refractivity contribution in [1.29, 1.82) is 0 Å². The Morgan fingerprint density at radius 2 is 2.22 bits per heavy atom. The number of rotatable bonds is 4. The lowest BCUT2D eigenvalue weighted by Crippen LogP contribution is -2.39. The van der Waals surface area contributed by atoms with Crippen molar-refractivity contribution in [2.45, 2.75) is 38.8 Å². The number of nitrogens with one attached hydrogen (secondary N) is 1. The molecule has 0 aliphatic carbocycles. The first kappa shape index (κ1) is 13.0. The molecule has 1 aromatic rings. The smallest absolute Gasteiger partial charge is 0.237 e. The minimum Gasteiger partial charge on any atom is -0.335 e. The summed E-state index contributed by atoms with van der Waals surface area (Å²) in [5.41, 5.74) is 1.19. The fourth-order valence-electron chi connectivity index (χ4n) is 2.39. The van der Waals surface area contributed by atoms with Crippen LogP contribution in [-0.2, 0) is 4.79 Å². The van der Waals surface area contributed by atoms with Crippen LogP contribution in [0.3, 0.4) is 0 Å². The molecule has 2 rings (SSSR count). The van der Waals surface area contributed by atoms with E-state index in [4.69, 9.17) is 0 Å². The molecular weight excluding hydrogens is 226 g/mol. The van der Waals surface area contributed by atoms with E-state index < -0.39 is 0 Å². The van der Waals surface area contributed by atoms with Gasteiger partial charge in [-0.25, -0.2) is 0 Å². The number of nitrogens with zero attached hydrogens (tertiary/aromatic N) is 2. The standard InChI is InChI=1S/C14H21N3O/c1-11(2)16-10-14(18)17-9-3-4-13(17)12-5-7-15-8-6-12/h5-8,11,13,16H,3-4,9-10H2,1-2H3. The van der Waals surface area contributed by atoms with E-state index in [1.807, 2.05) is 17.0 Å². The predicted molar refractivity (Wildman–Crippen MR) is 71.1 cm³/mol. The van der Waals surface area contributed by atoms with Crippen LogP contribution in [0.15, 0.2) is 24.5 Å². The molecular formula is C14H21N3O. The third-order valence-corrected chi connectivity index (χ3v) is 3.33. The SMILES string of the molecule is CC(C)NCC(=O)N1CCCC1c1ccncc1. The van der Waals surface area contributed by atoms with Gasteiger partial charge < -0.3 is 10.2 Å². The average Bonchev–Trinajstić information content (AvgIpc) is 2.86. The first-order valence-corrected chi connectivity index (χ1v) is 6.61. The lowest BCUT2D eigenvalue weighted by molar-refractivity contribution is -0.131. The van der Waals surface area contributed by atoms with Gasteiger partial charge in [0.1, 0.15) is 0 Å². The van der Waals surface area contributed by atoms with Gasteiger partial charge in [0.25, 0.3) is 0 Å². The maximum atomic E-state index is 12.2. The molecule has 1 amide bonds. The molecule has 1 saturated heterocycles. The molecule has 1 fully saturated rings. The number of pyridine rings is 1. The van der Waals surface area contributed by atoms with Crippen LogP contribution < -0.4 is 5.32 Å². The molecule has 0 spiro atoms. The van der Waals surface area contributed by atoms with Gasteiger partial charge in [0.05, 0.1) is 12.6 Å². The lowest BCUT2D eigenvalue weighted by atomic mass is 10.1. The number of aromatic nitrogens is 1. The second-order valence-corrected chi connectivity index (χ2v) is 5.06. The van der Waals surface area contributed by atoms with E-state index in [1.54, 1.807) is 12.4 Å². The third-order valence-electron chi connectivity index (χ3n) is 3.33. The number of likely N-dealkylation sites (tertiary alicyclic amines) is 1. The predicted octanol–water partition coefficient (Wildman–Crippen LogP) is 1.74. The summed E-state index contributed by atoms with van der Waals surface area (Å²) in [5, 5.41) is 3.19. The lowest BCUT2D eigenvalue weighted by Gasteiger charge is -2.25. The topological polar surface area (TPSA) is 45.2 Å². The summed E-state index contributed by atoms with van der Waals surface area (Å²) < 4.78 is 0. The van der Waals surface area contributed by atoms with Crippen molar-refractivity contribution in [3.05, 3.63) is 30.1 Å². The zero-order valence-electron chi connectivity index (χ0n) is 11.1. The van der Waals surface area contributed by atoms with Gasteiger partial charge in [0, 0.05) is 25.0 Å². The maximum absolute atomic E-state index is 12.2. The molecule has 4 heteroatoms. The first-order valence-electron chi connectivity index (χ1n) is 6.61. The second kappa shape index (κ2) is 5.96. The molecule has 1 aromatic heterocycles. The van der Waals surface area contributed by atoms with Crippen molar-refractivity contribution in [3.63, 3.8) is 0 Å². The van der Waals surface area contributed by atoms with Crippen LogP contribution in [0.1, 0.15) is 38.3 Å². The van der Waals surface area contributed by atoms with Crippen LogP contribution in [0.2, 0.25) is 0 Å². The van der Waals surface area contributed by atoms with Crippen molar-refractivity contribution in [1.82, 2.24) is 15.2 Å². The van der Waals surface area contributed by atoms with Crippen molar-refractivity contribution >= 4 is 5.91 Å². The van der Waals surface area contributed by atoms with Crippen LogP contribution in [0.4, 0.5) is 0 Å². The molecule has 1 aliphatic rings. The molecule has 1 unspecified atom stereocenters. The van der Waals surface area contributed by atoms with E-state index >= 15 is 0 Å². The summed E-state index contributed by atoms with van der Waals surface area (Å²) in [7, 11) is 0. The van der Waals surface area contributed by atoms with Gasteiger partial charge in [-0.2, -0.15) is 0 Å². The number of carbonyl (C=O) groups excluding carboxylic acids is 1. The van der Waals surface area contributed by atoms with Crippen LogP contribution >= 0.6 is 0 Å². The van der Waals surface area contributed by atoms with Gasteiger partial charge in [0.15, 0.2) is 0 Å². The summed E-state index contributed by atoms with van der Waals surface area (Å²) in [6.45, 7) is 5.40. The van der Waals surface area contributed by atoms with Crippen molar-refractivity contribution in [2.24, 2.45) is 0 Å². The van der Waals surface area contributed by atoms with Crippen molar-refractivity contribution in [3.8, 4) is 0 Å². The Labute approximate surface area is 108 Å². The molecule has 4 nitrogen and oxygen atoms in total. The summed E-state index contributed by atoms with van der Waals surface area (Å²) in [5.74, 6) is 0.197. The Balaban J connectivity index is 2.01. The number of amides is 1. The first-order chi connectivity index (χ1) is 8.68. The quantitative estimate of drug-likeness (QED) is 0.881. The Morgan fingerprint density at radius 1 is 1.50 bits per heavy atom. The van der Waals surface area contributed by atoms with Crippen molar-refractivity contribution < 1.29 is 4.79 Å². The molecule has 0 radical (unpaired) electrons. The molecule has 1 N–H and O–H groups in total. The Hall–Kier alpha value is -1.42. The highest BCUT2D eigenvalue weighted by Crippen LogP contribution is 2.31. The Bertz CT molecular complexity index is 391. The zero-order valence-corrected chi connectivity index (χ0v) is 11.1. The van der Waals surface area contributed by atoms with Crippen LogP contribution in [0.5, 0.6) is 0 Å². The third kappa shape index (κ3) is 3.07.